The summed E-state index contributed by atoms with van der Waals surface area (Å²) in [5.74, 6) is 7.63. The van der Waals surface area contributed by atoms with Gasteiger partial charge in [-0.05, 0) is 30.9 Å². The second kappa shape index (κ2) is 5.29. The monoisotopic (exact) mass is 312 g/mol. The SMILES string of the molecule is COc1cc2n(c(=O)n1)CCc1cc(C#CC3CCC3)sc1-2. The molecule has 112 valence electrons. The van der Waals surface area contributed by atoms with Crippen LogP contribution < -0.4 is 10.4 Å². The first-order valence-corrected chi connectivity index (χ1v) is 8.37. The fraction of sp³-hybridized carbons (Fsp3) is 0.412. The lowest BCUT2D eigenvalue weighted by Gasteiger charge is -2.18. The number of aryl methyl sites for hydroxylation is 1. The van der Waals surface area contributed by atoms with Gasteiger partial charge in [-0.15, -0.1) is 11.3 Å². The highest BCUT2D eigenvalue weighted by atomic mass is 32.1. The van der Waals surface area contributed by atoms with Crippen LogP contribution in [0.4, 0.5) is 0 Å². The second-order valence-electron chi connectivity index (χ2n) is 5.73. The topological polar surface area (TPSA) is 44.1 Å². The van der Waals surface area contributed by atoms with Gasteiger partial charge in [-0.2, -0.15) is 4.98 Å². The molecule has 1 aliphatic carbocycles. The molecular weight excluding hydrogens is 296 g/mol. The number of hydrogen-bond donors (Lipinski definition) is 0. The molecule has 1 fully saturated rings. The molecule has 0 spiro atoms. The summed E-state index contributed by atoms with van der Waals surface area (Å²) in [5.41, 5.74) is 1.94. The van der Waals surface area contributed by atoms with Gasteiger partial charge in [0.2, 0.25) is 5.88 Å². The molecule has 0 bridgehead atoms. The minimum atomic E-state index is -0.240. The summed E-state index contributed by atoms with van der Waals surface area (Å²) < 4.78 is 6.86. The third kappa shape index (κ3) is 2.24. The minimum absolute atomic E-state index is 0.240. The normalized spacial score (nSPS) is 16.0. The van der Waals surface area contributed by atoms with Crippen LogP contribution in [0.3, 0.4) is 0 Å². The molecule has 22 heavy (non-hydrogen) atoms. The Morgan fingerprint density at radius 3 is 3.00 bits per heavy atom. The summed E-state index contributed by atoms with van der Waals surface area (Å²) in [4.78, 5) is 18.2. The molecule has 0 aromatic carbocycles. The predicted octanol–water partition coefficient (Wildman–Crippen LogP) is 2.69. The fourth-order valence-corrected chi connectivity index (χ4v) is 3.94. The van der Waals surface area contributed by atoms with Gasteiger partial charge in [0.05, 0.1) is 22.6 Å². The maximum Gasteiger partial charge on any atom is 0.351 e. The standard InChI is InChI=1S/C17H16N2O2S/c1-21-15-10-14-16-12(7-8-19(14)17(20)18-15)9-13(22-16)6-5-11-3-2-4-11/h9-11H,2-4,7-8H2,1H3. The fourth-order valence-electron chi connectivity index (χ4n) is 2.84. The molecular formula is C17H16N2O2S. The number of ether oxygens (including phenoxy) is 1. The minimum Gasteiger partial charge on any atom is -0.481 e. The van der Waals surface area contributed by atoms with Gasteiger partial charge in [0.25, 0.3) is 0 Å². The third-order valence-electron chi connectivity index (χ3n) is 4.35. The molecule has 4 rings (SSSR count). The van der Waals surface area contributed by atoms with Crippen LogP contribution >= 0.6 is 11.3 Å². The van der Waals surface area contributed by atoms with Gasteiger partial charge in [-0.1, -0.05) is 18.3 Å². The van der Waals surface area contributed by atoms with E-state index in [0.29, 0.717) is 18.3 Å². The van der Waals surface area contributed by atoms with Crippen LogP contribution in [0.15, 0.2) is 16.9 Å². The largest absolute Gasteiger partial charge is 0.481 e. The number of fused-ring (bicyclic) bond motifs is 3. The smallest absolute Gasteiger partial charge is 0.351 e. The van der Waals surface area contributed by atoms with Crippen molar-refractivity contribution in [3.05, 3.63) is 33.1 Å². The Morgan fingerprint density at radius 1 is 1.41 bits per heavy atom. The van der Waals surface area contributed by atoms with Crippen molar-refractivity contribution in [2.24, 2.45) is 5.92 Å². The molecule has 0 N–H and O–H groups in total. The van der Waals surface area contributed by atoms with Crippen LogP contribution in [0.2, 0.25) is 0 Å². The Kier molecular flexibility index (Phi) is 3.27. The first kappa shape index (κ1) is 13.6. The molecule has 4 nitrogen and oxygen atoms in total. The van der Waals surface area contributed by atoms with Crippen molar-refractivity contribution in [2.75, 3.05) is 7.11 Å². The van der Waals surface area contributed by atoms with Gasteiger partial charge in [0.1, 0.15) is 0 Å². The average Bonchev–Trinajstić information content (AvgIpc) is 2.88. The Bertz CT molecular complexity index is 850. The van der Waals surface area contributed by atoms with E-state index in [-0.39, 0.29) is 5.69 Å². The highest BCUT2D eigenvalue weighted by Gasteiger charge is 2.21. The second-order valence-corrected chi connectivity index (χ2v) is 6.78. The van der Waals surface area contributed by atoms with Crippen molar-refractivity contribution in [1.29, 1.82) is 0 Å². The number of thiophene rings is 1. The average molecular weight is 312 g/mol. The van der Waals surface area contributed by atoms with E-state index < -0.39 is 0 Å². The molecule has 2 aliphatic rings. The zero-order chi connectivity index (χ0) is 15.1. The highest BCUT2D eigenvalue weighted by Crippen LogP contribution is 2.36. The van der Waals surface area contributed by atoms with E-state index in [2.05, 4.69) is 22.9 Å². The number of rotatable bonds is 1. The molecule has 0 amide bonds. The summed E-state index contributed by atoms with van der Waals surface area (Å²) in [6.07, 6.45) is 4.64. The van der Waals surface area contributed by atoms with Gasteiger partial charge in [-0.3, -0.25) is 4.57 Å². The van der Waals surface area contributed by atoms with Gasteiger partial charge >= 0.3 is 5.69 Å². The third-order valence-corrected chi connectivity index (χ3v) is 5.46. The molecule has 0 radical (unpaired) electrons. The van der Waals surface area contributed by atoms with E-state index >= 15 is 0 Å². The van der Waals surface area contributed by atoms with Crippen molar-refractivity contribution in [2.45, 2.75) is 32.2 Å². The van der Waals surface area contributed by atoms with Gasteiger partial charge in [0.15, 0.2) is 0 Å². The lowest BCUT2D eigenvalue weighted by atomic mass is 9.86. The zero-order valence-electron chi connectivity index (χ0n) is 12.4. The van der Waals surface area contributed by atoms with Crippen LogP contribution in [0.25, 0.3) is 10.6 Å². The molecule has 0 unspecified atom stereocenters. The van der Waals surface area contributed by atoms with Crippen molar-refractivity contribution in [3.63, 3.8) is 0 Å². The Morgan fingerprint density at radius 2 is 2.27 bits per heavy atom. The number of aromatic nitrogens is 2. The van der Waals surface area contributed by atoms with Crippen LogP contribution in [-0.2, 0) is 13.0 Å². The van der Waals surface area contributed by atoms with Crippen LogP contribution in [0.5, 0.6) is 5.88 Å². The highest BCUT2D eigenvalue weighted by molar-refractivity contribution is 7.16. The first-order valence-electron chi connectivity index (χ1n) is 7.55. The first-order chi connectivity index (χ1) is 10.7. The van der Waals surface area contributed by atoms with E-state index in [1.165, 1.54) is 31.9 Å². The van der Waals surface area contributed by atoms with Crippen LogP contribution in [0.1, 0.15) is 29.7 Å². The number of nitrogens with zero attached hydrogens (tertiary/aromatic N) is 2. The molecule has 5 heteroatoms. The molecule has 2 aromatic heterocycles. The predicted molar refractivity (Wildman–Crippen MR) is 86.3 cm³/mol. The van der Waals surface area contributed by atoms with Crippen molar-refractivity contribution in [1.82, 2.24) is 9.55 Å². The van der Waals surface area contributed by atoms with E-state index in [1.807, 2.05) is 6.07 Å². The van der Waals surface area contributed by atoms with Crippen molar-refractivity contribution < 1.29 is 4.74 Å². The quantitative estimate of drug-likeness (QED) is 0.761. The molecule has 3 heterocycles. The lowest BCUT2D eigenvalue weighted by Crippen LogP contribution is -2.27. The summed E-state index contributed by atoms with van der Waals surface area (Å²) in [7, 11) is 1.53. The summed E-state index contributed by atoms with van der Waals surface area (Å²) >= 11 is 1.67. The van der Waals surface area contributed by atoms with Crippen LogP contribution in [0, 0.1) is 17.8 Å². The van der Waals surface area contributed by atoms with Crippen LogP contribution in [-0.4, -0.2) is 16.7 Å². The Labute approximate surface area is 132 Å². The number of methoxy groups -OCH3 is 1. The molecule has 0 saturated heterocycles. The van der Waals surface area contributed by atoms with E-state index in [4.69, 9.17) is 4.74 Å². The summed E-state index contributed by atoms with van der Waals surface area (Å²) in [5, 5.41) is 0. The van der Waals surface area contributed by atoms with Gasteiger partial charge in [0, 0.05) is 18.5 Å². The van der Waals surface area contributed by atoms with Gasteiger partial charge < -0.3 is 4.74 Å². The summed E-state index contributed by atoms with van der Waals surface area (Å²) in [6.45, 7) is 0.671. The van der Waals surface area contributed by atoms with E-state index in [9.17, 15) is 4.79 Å². The maximum atomic E-state index is 12.1. The zero-order valence-corrected chi connectivity index (χ0v) is 13.2. The molecule has 2 aromatic rings. The van der Waals surface area contributed by atoms with Gasteiger partial charge in [-0.25, -0.2) is 4.79 Å². The van der Waals surface area contributed by atoms with E-state index in [0.717, 1.165) is 21.9 Å². The maximum absolute atomic E-state index is 12.1. The van der Waals surface area contributed by atoms with Crippen molar-refractivity contribution in [3.8, 4) is 28.3 Å². The molecule has 1 aliphatic heterocycles. The molecule has 1 saturated carbocycles. The van der Waals surface area contributed by atoms with E-state index in [1.54, 1.807) is 15.9 Å². The molecule has 0 atom stereocenters. The number of hydrogen-bond acceptors (Lipinski definition) is 4. The Hall–Kier alpha value is -2.06. The summed E-state index contributed by atoms with van der Waals surface area (Å²) in [6, 6.07) is 4.02. The lowest BCUT2D eigenvalue weighted by molar-refractivity contribution is 0.392. The Balaban J connectivity index is 1.77. The van der Waals surface area contributed by atoms with Crippen molar-refractivity contribution >= 4 is 11.3 Å².